The summed E-state index contributed by atoms with van der Waals surface area (Å²) >= 11 is 0. The summed E-state index contributed by atoms with van der Waals surface area (Å²) < 4.78 is 0. The zero-order chi connectivity index (χ0) is 7.11. The molecule has 0 bridgehead atoms. The van der Waals surface area contributed by atoms with Gasteiger partial charge in [-0.05, 0) is 24.6 Å². The second-order valence-electron chi connectivity index (χ2n) is 1.52. The van der Waals surface area contributed by atoms with Crippen LogP contribution in [0.4, 0.5) is 0 Å². The summed E-state index contributed by atoms with van der Waals surface area (Å²) in [5.41, 5.74) is 1.26. The first kappa shape index (κ1) is 8.07. The molecule has 1 rings (SSSR count). The topological polar surface area (TPSA) is 59.1 Å². The van der Waals surface area contributed by atoms with E-state index >= 15 is 0 Å². The van der Waals surface area contributed by atoms with E-state index in [0.29, 0.717) is 0 Å². The maximum atomic E-state index is 6.50. The number of rotatable bonds is 0. The van der Waals surface area contributed by atoms with Gasteiger partial charge in [-0.25, -0.2) is 5.90 Å². The van der Waals surface area contributed by atoms with Gasteiger partial charge in [-0.2, -0.15) is 0 Å². The van der Waals surface area contributed by atoms with E-state index in [-0.39, 0.29) is 0 Å². The van der Waals surface area contributed by atoms with Gasteiger partial charge >= 0.3 is 0 Å². The monoisotopic (exact) mass is 126 g/mol. The van der Waals surface area contributed by atoms with Crippen LogP contribution in [-0.2, 0) is 0 Å². The molecule has 50 valence electrons. The average molecular weight is 126 g/mol. The molecule has 0 aliphatic carbocycles. The Hall–Kier alpha value is -0.930. The number of aryl methyl sites for hydroxylation is 1. The minimum Gasteiger partial charge on any atom is -0.320 e. The summed E-state index contributed by atoms with van der Waals surface area (Å²) in [6.45, 7) is 2.04. The quantitative estimate of drug-likeness (QED) is 0.503. The van der Waals surface area contributed by atoms with Crippen molar-refractivity contribution in [3.8, 4) is 0 Å². The molecule has 0 aliphatic rings. The van der Waals surface area contributed by atoms with Crippen LogP contribution < -0.4 is 5.90 Å². The van der Waals surface area contributed by atoms with Crippen molar-refractivity contribution in [3.63, 3.8) is 0 Å². The second-order valence-corrected chi connectivity index (χ2v) is 1.52. The summed E-state index contributed by atoms with van der Waals surface area (Å²) in [5, 5.41) is 6.50. The van der Waals surface area contributed by atoms with Crippen LogP contribution in [0.15, 0.2) is 24.5 Å². The molecule has 0 atom stereocenters. The van der Waals surface area contributed by atoms with Gasteiger partial charge in [-0.3, -0.25) is 4.98 Å². The second kappa shape index (κ2) is 5.21. The van der Waals surface area contributed by atoms with Gasteiger partial charge < -0.3 is 5.21 Å². The third-order valence-corrected chi connectivity index (χ3v) is 0.847. The predicted octanol–water partition coefficient (Wildman–Crippen LogP) is 0.724. The van der Waals surface area contributed by atoms with Crippen molar-refractivity contribution in [2.24, 2.45) is 5.90 Å². The van der Waals surface area contributed by atoms with Crippen LogP contribution in [-0.4, -0.2) is 10.2 Å². The Labute approximate surface area is 54.1 Å². The highest BCUT2D eigenvalue weighted by atomic mass is 16.4. The molecule has 0 aromatic carbocycles. The molecule has 1 aromatic rings. The van der Waals surface area contributed by atoms with Crippen molar-refractivity contribution < 1.29 is 5.21 Å². The highest BCUT2D eigenvalue weighted by molar-refractivity contribution is 5.05. The minimum atomic E-state index is 1.26. The molecule has 9 heavy (non-hydrogen) atoms. The molecule has 0 amide bonds. The van der Waals surface area contributed by atoms with Gasteiger partial charge in [0.05, 0.1) is 0 Å². The van der Waals surface area contributed by atoms with Gasteiger partial charge in [-0.1, -0.05) is 0 Å². The zero-order valence-electron chi connectivity index (χ0n) is 5.28. The normalized spacial score (nSPS) is 7.44. The number of hydrogen-bond acceptors (Lipinski definition) is 3. The summed E-state index contributed by atoms with van der Waals surface area (Å²) in [5.74, 6) is 3.50. The third-order valence-electron chi connectivity index (χ3n) is 0.847. The number of pyridine rings is 1. The maximum absolute atomic E-state index is 6.50. The lowest BCUT2D eigenvalue weighted by Gasteiger charge is -1.82. The molecular weight excluding hydrogens is 116 g/mol. The van der Waals surface area contributed by atoms with Gasteiger partial charge in [0.15, 0.2) is 0 Å². The van der Waals surface area contributed by atoms with Crippen LogP contribution in [0.25, 0.3) is 0 Å². The summed E-state index contributed by atoms with van der Waals surface area (Å²) in [6, 6.07) is 3.94. The van der Waals surface area contributed by atoms with Crippen LogP contribution in [0.2, 0.25) is 0 Å². The van der Waals surface area contributed by atoms with Gasteiger partial charge in [0, 0.05) is 12.4 Å². The smallest absolute Gasteiger partial charge is 0.0270 e. The summed E-state index contributed by atoms with van der Waals surface area (Å²) in [7, 11) is 0. The number of nitrogens with two attached hydrogens (primary N) is 1. The molecule has 0 aliphatic heterocycles. The van der Waals surface area contributed by atoms with E-state index in [2.05, 4.69) is 10.9 Å². The molecule has 0 saturated carbocycles. The molecule has 3 N–H and O–H groups in total. The summed E-state index contributed by atoms with van der Waals surface area (Å²) in [6.07, 6.45) is 3.57. The Bertz CT molecular complexity index is 141. The summed E-state index contributed by atoms with van der Waals surface area (Å²) in [4.78, 5) is 3.85. The fourth-order valence-electron chi connectivity index (χ4n) is 0.426. The van der Waals surface area contributed by atoms with E-state index in [4.69, 9.17) is 5.21 Å². The van der Waals surface area contributed by atoms with Crippen molar-refractivity contribution in [3.05, 3.63) is 30.1 Å². The fraction of sp³-hybridized carbons (Fsp3) is 0.167. The lowest BCUT2D eigenvalue weighted by Crippen LogP contribution is -1.72. The van der Waals surface area contributed by atoms with Crippen molar-refractivity contribution in [2.75, 3.05) is 0 Å². The van der Waals surface area contributed by atoms with E-state index in [9.17, 15) is 0 Å². The standard InChI is InChI=1S/C6H7N.H3NO/c1-6-2-4-7-5-3-6;1-2/h2-5H,1H3;2H,1H2. The predicted molar refractivity (Wildman–Crippen MR) is 34.9 cm³/mol. The highest BCUT2D eigenvalue weighted by Crippen LogP contribution is 1.88. The van der Waals surface area contributed by atoms with Crippen LogP contribution in [0, 0.1) is 6.92 Å². The Morgan fingerprint density at radius 3 is 2.00 bits per heavy atom. The molecule has 0 fully saturated rings. The van der Waals surface area contributed by atoms with E-state index in [0.717, 1.165) is 0 Å². The van der Waals surface area contributed by atoms with E-state index in [1.807, 2.05) is 19.1 Å². The minimum absolute atomic E-state index is 1.26. The van der Waals surface area contributed by atoms with Crippen molar-refractivity contribution in [2.45, 2.75) is 6.92 Å². The lowest BCUT2D eigenvalue weighted by molar-refractivity contribution is 0.311. The van der Waals surface area contributed by atoms with E-state index in [1.54, 1.807) is 12.4 Å². The van der Waals surface area contributed by atoms with E-state index < -0.39 is 0 Å². The SMILES string of the molecule is Cc1ccncc1.NO. The van der Waals surface area contributed by atoms with Crippen LogP contribution in [0.3, 0.4) is 0 Å². The van der Waals surface area contributed by atoms with Crippen LogP contribution in [0.1, 0.15) is 5.56 Å². The van der Waals surface area contributed by atoms with E-state index in [1.165, 1.54) is 5.56 Å². The number of nitrogens with zero attached hydrogens (tertiary/aromatic N) is 1. The first-order chi connectivity index (χ1) is 4.39. The maximum Gasteiger partial charge on any atom is 0.0270 e. The average Bonchev–Trinajstić information content (AvgIpc) is 1.94. The molecule has 0 spiro atoms. The molecule has 0 radical (unpaired) electrons. The Kier molecular flexibility index (Phi) is 4.67. The number of aromatic nitrogens is 1. The van der Waals surface area contributed by atoms with Crippen molar-refractivity contribution >= 4 is 0 Å². The van der Waals surface area contributed by atoms with Gasteiger partial charge in [0.1, 0.15) is 0 Å². The first-order valence-corrected chi connectivity index (χ1v) is 2.52. The third kappa shape index (κ3) is 3.64. The Morgan fingerprint density at radius 2 is 1.78 bits per heavy atom. The molecule has 0 saturated heterocycles. The van der Waals surface area contributed by atoms with Crippen molar-refractivity contribution in [1.29, 1.82) is 0 Å². The van der Waals surface area contributed by atoms with Crippen molar-refractivity contribution in [1.82, 2.24) is 4.98 Å². The molecule has 3 nitrogen and oxygen atoms in total. The van der Waals surface area contributed by atoms with Gasteiger partial charge in [0.2, 0.25) is 0 Å². The molecule has 1 aromatic heterocycles. The number of hydrogen-bond donors (Lipinski definition) is 2. The van der Waals surface area contributed by atoms with Crippen LogP contribution >= 0.6 is 0 Å². The van der Waals surface area contributed by atoms with Crippen LogP contribution in [0.5, 0.6) is 0 Å². The fourth-order valence-corrected chi connectivity index (χ4v) is 0.426. The van der Waals surface area contributed by atoms with Gasteiger partial charge in [0.25, 0.3) is 0 Å². The largest absolute Gasteiger partial charge is 0.320 e. The lowest BCUT2D eigenvalue weighted by atomic mass is 10.3. The highest BCUT2D eigenvalue weighted by Gasteiger charge is 1.72. The molecular formula is C6H10N2O. The first-order valence-electron chi connectivity index (χ1n) is 2.52. The molecule has 3 heteroatoms. The zero-order valence-corrected chi connectivity index (χ0v) is 5.28. The van der Waals surface area contributed by atoms with Gasteiger partial charge in [-0.15, -0.1) is 0 Å². The Balaban J connectivity index is 0.000000291. The molecule has 1 heterocycles. The molecule has 0 unspecified atom stereocenters. The Morgan fingerprint density at radius 1 is 1.33 bits per heavy atom.